The van der Waals surface area contributed by atoms with Crippen molar-refractivity contribution in [3.63, 3.8) is 0 Å². The molecule has 0 amide bonds. The van der Waals surface area contributed by atoms with Gasteiger partial charge in [0.25, 0.3) is 5.56 Å². The van der Waals surface area contributed by atoms with Crippen LogP contribution < -0.4 is 5.56 Å². The lowest BCUT2D eigenvalue weighted by atomic mass is 10.0. The quantitative estimate of drug-likeness (QED) is 0.580. The molecule has 0 aliphatic rings. The monoisotopic (exact) mass is 363 g/mol. The summed E-state index contributed by atoms with van der Waals surface area (Å²) in [5.41, 5.74) is 5.91. The Morgan fingerprint density at radius 2 is 1.85 bits per heavy atom. The van der Waals surface area contributed by atoms with Gasteiger partial charge in [-0.15, -0.1) is 0 Å². The first-order valence-electron chi connectivity index (χ1n) is 8.45. The van der Waals surface area contributed by atoms with Crippen LogP contribution in [0.4, 0.5) is 0 Å². The molecule has 0 aliphatic heterocycles. The largest absolute Gasteiger partial charge is 0.293 e. The zero-order valence-corrected chi connectivity index (χ0v) is 15.3. The Hall–Kier alpha value is -2.85. The number of hydrogen-bond donors (Lipinski definition) is 1. The van der Waals surface area contributed by atoms with Gasteiger partial charge in [0, 0.05) is 34.0 Å². The van der Waals surface area contributed by atoms with E-state index >= 15 is 0 Å². The maximum Gasteiger partial charge on any atom is 0.276 e. The zero-order chi connectivity index (χ0) is 18.3. The second-order valence-corrected chi connectivity index (χ2v) is 6.86. The Labute approximate surface area is 156 Å². The third kappa shape index (κ3) is 2.82. The summed E-state index contributed by atoms with van der Waals surface area (Å²) >= 11 is 6.07. The van der Waals surface area contributed by atoms with Crippen molar-refractivity contribution < 1.29 is 0 Å². The van der Waals surface area contributed by atoms with Crippen LogP contribution in [-0.2, 0) is 6.42 Å². The standard InChI is InChI=1S/C21H18ClN3O/c1-13-18(12-15-7-6-10-17(22)11-15)21(26)25-20(23-13)19(14(2)24-25)16-8-4-3-5-9-16/h3-11,24H,12H2,1-2H3. The van der Waals surface area contributed by atoms with Crippen LogP contribution >= 0.6 is 11.6 Å². The first-order chi connectivity index (χ1) is 12.5. The van der Waals surface area contributed by atoms with E-state index in [4.69, 9.17) is 16.6 Å². The van der Waals surface area contributed by atoms with Gasteiger partial charge in [0.15, 0.2) is 5.65 Å². The maximum absolute atomic E-state index is 13.1. The minimum absolute atomic E-state index is 0.0715. The molecule has 0 atom stereocenters. The molecule has 0 aliphatic carbocycles. The van der Waals surface area contributed by atoms with Gasteiger partial charge in [0.1, 0.15) is 0 Å². The van der Waals surface area contributed by atoms with Crippen LogP contribution in [0, 0.1) is 13.8 Å². The number of rotatable bonds is 3. The molecule has 0 radical (unpaired) electrons. The Morgan fingerprint density at radius 1 is 1.08 bits per heavy atom. The van der Waals surface area contributed by atoms with E-state index in [1.165, 1.54) is 0 Å². The van der Waals surface area contributed by atoms with E-state index in [1.54, 1.807) is 4.52 Å². The highest BCUT2D eigenvalue weighted by Gasteiger charge is 2.17. The second kappa shape index (κ2) is 6.46. The number of H-pyrrole nitrogens is 1. The van der Waals surface area contributed by atoms with Crippen molar-refractivity contribution in [2.75, 3.05) is 0 Å². The van der Waals surface area contributed by atoms with Crippen molar-refractivity contribution in [1.29, 1.82) is 0 Å². The molecule has 130 valence electrons. The second-order valence-electron chi connectivity index (χ2n) is 6.42. The Morgan fingerprint density at radius 3 is 2.58 bits per heavy atom. The number of hydrogen-bond acceptors (Lipinski definition) is 2. The van der Waals surface area contributed by atoms with Crippen LogP contribution in [0.25, 0.3) is 16.8 Å². The Kier molecular flexibility index (Phi) is 4.13. The third-order valence-electron chi connectivity index (χ3n) is 4.59. The van der Waals surface area contributed by atoms with Gasteiger partial charge in [-0.25, -0.2) is 9.50 Å². The first kappa shape index (κ1) is 16.6. The molecule has 1 N–H and O–H groups in total. The molecule has 2 aromatic carbocycles. The average Bonchev–Trinajstić information content (AvgIpc) is 2.95. The van der Waals surface area contributed by atoms with E-state index in [-0.39, 0.29) is 5.56 Å². The smallest absolute Gasteiger partial charge is 0.276 e. The highest BCUT2D eigenvalue weighted by atomic mass is 35.5. The summed E-state index contributed by atoms with van der Waals surface area (Å²) in [4.78, 5) is 17.8. The molecule has 5 heteroatoms. The lowest BCUT2D eigenvalue weighted by Gasteiger charge is -2.07. The summed E-state index contributed by atoms with van der Waals surface area (Å²) in [5, 5.41) is 3.84. The summed E-state index contributed by atoms with van der Waals surface area (Å²) in [6.45, 7) is 3.85. The lowest BCUT2D eigenvalue weighted by Crippen LogP contribution is -2.22. The topological polar surface area (TPSA) is 50.2 Å². The van der Waals surface area contributed by atoms with E-state index in [0.29, 0.717) is 22.7 Å². The molecule has 4 nitrogen and oxygen atoms in total. The van der Waals surface area contributed by atoms with Gasteiger partial charge in [-0.3, -0.25) is 9.89 Å². The number of aromatic amines is 1. The molecule has 0 spiro atoms. The number of aromatic nitrogens is 3. The van der Waals surface area contributed by atoms with Gasteiger partial charge in [-0.05, 0) is 37.1 Å². The normalized spacial score (nSPS) is 11.2. The minimum atomic E-state index is -0.0715. The van der Waals surface area contributed by atoms with Crippen molar-refractivity contribution in [2.24, 2.45) is 0 Å². The highest BCUT2D eigenvalue weighted by molar-refractivity contribution is 6.30. The molecule has 4 rings (SSSR count). The van der Waals surface area contributed by atoms with E-state index in [0.717, 1.165) is 28.1 Å². The molecule has 4 aromatic rings. The summed E-state index contributed by atoms with van der Waals surface area (Å²) in [6, 6.07) is 17.6. The summed E-state index contributed by atoms with van der Waals surface area (Å²) < 4.78 is 1.55. The number of aryl methyl sites for hydroxylation is 2. The van der Waals surface area contributed by atoms with Gasteiger partial charge in [-0.2, -0.15) is 0 Å². The third-order valence-corrected chi connectivity index (χ3v) is 4.83. The number of fused-ring (bicyclic) bond motifs is 1. The first-order valence-corrected chi connectivity index (χ1v) is 8.83. The fourth-order valence-corrected chi connectivity index (χ4v) is 3.54. The summed E-state index contributed by atoms with van der Waals surface area (Å²) in [7, 11) is 0. The van der Waals surface area contributed by atoms with E-state index in [9.17, 15) is 4.79 Å². The van der Waals surface area contributed by atoms with Gasteiger partial charge < -0.3 is 0 Å². The highest BCUT2D eigenvalue weighted by Crippen LogP contribution is 2.26. The van der Waals surface area contributed by atoms with E-state index in [2.05, 4.69) is 5.10 Å². The van der Waals surface area contributed by atoms with Crippen molar-refractivity contribution >= 4 is 17.2 Å². The van der Waals surface area contributed by atoms with Gasteiger partial charge in [0.2, 0.25) is 0 Å². The Balaban J connectivity index is 1.90. The maximum atomic E-state index is 13.1. The minimum Gasteiger partial charge on any atom is -0.293 e. The van der Waals surface area contributed by atoms with E-state index in [1.807, 2.05) is 68.4 Å². The molecular formula is C21H18ClN3O. The summed E-state index contributed by atoms with van der Waals surface area (Å²) in [6.07, 6.45) is 0.500. The van der Waals surface area contributed by atoms with Crippen LogP contribution in [0.2, 0.25) is 5.02 Å². The zero-order valence-electron chi connectivity index (χ0n) is 14.6. The molecular weight excluding hydrogens is 346 g/mol. The molecule has 0 saturated carbocycles. The molecule has 0 fully saturated rings. The van der Waals surface area contributed by atoms with Crippen LogP contribution in [-0.4, -0.2) is 14.6 Å². The van der Waals surface area contributed by atoms with Crippen LogP contribution in [0.3, 0.4) is 0 Å². The Bertz CT molecular complexity index is 1160. The van der Waals surface area contributed by atoms with Crippen LogP contribution in [0.1, 0.15) is 22.5 Å². The number of halogens is 1. The van der Waals surface area contributed by atoms with Crippen LogP contribution in [0.15, 0.2) is 59.4 Å². The van der Waals surface area contributed by atoms with Crippen molar-refractivity contribution in [3.05, 3.63) is 92.5 Å². The fourth-order valence-electron chi connectivity index (χ4n) is 3.33. The number of nitrogens with one attached hydrogen (secondary N) is 1. The molecule has 26 heavy (non-hydrogen) atoms. The predicted molar refractivity (Wildman–Crippen MR) is 105 cm³/mol. The lowest BCUT2D eigenvalue weighted by molar-refractivity contribution is 0.847. The molecule has 2 heterocycles. The average molecular weight is 364 g/mol. The van der Waals surface area contributed by atoms with Gasteiger partial charge in [0.05, 0.1) is 0 Å². The van der Waals surface area contributed by atoms with Crippen LogP contribution in [0.5, 0.6) is 0 Å². The van der Waals surface area contributed by atoms with Crippen molar-refractivity contribution in [1.82, 2.24) is 14.6 Å². The predicted octanol–water partition coefficient (Wildman–Crippen LogP) is 4.55. The molecule has 2 aromatic heterocycles. The summed E-state index contributed by atoms with van der Waals surface area (Å²) in [5.74, 6) is 0. The SMILES string of the molecule is Cc1nc2c(-c3ccccc3)c(C)[nH]n2c(=O)c1Cc1cccc(Cl)c1. The van der Waals surface area contributed by atoms with Crippen molar-refractivity contribution in [2.45, 2.75) is 20.3 Å². The van der Waals surface area contributed by atoms with Crippen molar-refractivity contribution in [3.8, 4) is 11.1 Å². The number of benzene rings is 2. The molecule has 0 unspecified atom stereocenters. The van der Waals surface area contributed by atoms with E-state index < -0.39 is 0 Å². The fraction of sp³-hybridized carbons (Fsp3) is 0.143. The van der Waals surface area contributed by atoms with Gasteiger partial charge in [-0.1, -0.05) is 54.1 Å². The number of nitrogens with zero attached hydrogens (tertiary/aromatic N) is 2. The van der Waals surface area contributed by atoms with Gasteiger partial charge >= 0.3 is 0 Å². The molecule has 0 saturated heterocycles. The molecule has 0 bridgehead atoms.